The van der Waals surface area contributed by atoms with Crippen LogP contribution in [0, 0.1) is 0 Å². The second kappa shape index (κ2) is 6.83. The van der Waals surface area contributed by atoms with Gasteiger partial charge in [-0.15, -0.1) is 0 Å². The molecule has 2 aromatic carbocycles. The van der Waals surface area contributed by atoms with E-state index in [1.165, 1.54) is 0 Å². The summed E-state index contributed by atoms with van der Waals surface area (Å²) in [4.78, 5) is 4.68. The molecule has 3 rings (SSSR count). The van der Waals surface area contributed by atoms with E-state index in [9.17, 15) is 8.42 Å². The molecule has 1 atom stereocenters. The zero-order valence-corrected chi connectivity index (χ0v) is 16.2. The summed E-state index contributed by atoms with van der Waals surface area (Å²) in [5, 5.41) is 0. The number of fused-ring (bicyclic) bond motifs is 1. The van der Waals surface area contributed by atoms with Crippen LogP contribution >= 0.6 is 0 Å². The smallest absolute Gasteiger partial charge is 0.278 e. The lowest BCUT2D eigenvalue weighted by atomic mass is 10.1. The zero-order valence-electron chi connectivity index (χ0n) is 15.4. The Morgan fingerprint density at radius 2 is 1.62 bits per heavy atom. The van der Waals surface area contributed by atoms with Gasteiger partial charge in [-0.3, -0.25) is 0 Å². The minimum atomic E-state index is -3.74. The molecule has 0 fully saturated rings. The van der Waals surface area contributed by atoms with Gasteiger partial charge in [-0.05, 0) is 38.5 Å². The van der Waals surface area contributed by atoms with Crippen LogP contribution in [0.4, 0.5) is 0 Å². The summed E-state index contributed by atoms with van der Waals surface area (Å²) in [6, 6.07) is 16.6. The normalized spacial score (nSPS) is 13.8. The van der Waals surface area contributed by atoms with Crippen molar-refractivity contribution in [2.24, 2.45) is 7.05 Å². The van der Waals surface area contributed by atoms with E-state index in [2.05, 4.69) is 14.4 Å². The summed E-state index contributed by atoms with van der Waals surface area (Å²) in [5.74, 6) is 0.636. The highest BCUT2D eigenvalue weighted by molar-refractivity contribution is 7.87. The summed E-state index contributed by atoms with van der Waals surface area (Å²) in [6.07, 6.45) is 0. The fourth-order valence-corrected chi connectivity index (χ4v) is 4.34. The average Bonchev–Trinajstić information content (AvgIpc) is 2.89. The van der Waals surface area contributed by atoms with Gasteiger partial charge in [-0.1, -0.05) is 42.5 Å². The molecule has 26 heavy (non-hydrogen) atoms. The number of nitrogens with one attached hydrogen (secondary N) is 2. The number of benzene rings is 2. The molecule has 0 aliphatic rings. The molecule has 1 aromatic heterocycles. The molecule has 3 aromatic rings. The number of hydrogen-bond acceptors (Lipinski definition) is 3. The second-order valence-electron chi connectivity index (χ2n) is 7.33. The molecule has 0 aliphatic heterocycles. The average molecular weight is 372 g/mol. The lowest BCUT2D eigenvalue weighted by Gasteiger charge is -2.24. The van der Waals surface area contributed by atoms with E-state index >= 15 is 0 Å². The molecule has 0 unspecified atom stereocenters. The molecule has 0 saturated heterocycles. The molecule has 0 saturated carbocycles. The summed E-state index contributed by atoms with van der Waals surface area (Å²) in [6.45, 7) is 5.41. The van der Waals surface area contributed by atoms with Gasteiger partial charge in [0.15, 0.2) is 0 Å². The first kappa shape index (κ1) is 18.6. The summed E-state index contributed by atoms with van der Waals surface area (Å²) < 4.78 is 32.7. The van der Waals surface area contributed by atoms with Crippen molar-refractivity contribution in [3.63, 3.8) is 0 Å². The van der Waals surface area contributed by atoms with E-state index in [1.807, 2.05) is 66.2 Å². The maximum absolute atomic E-state index is 12.7. The molecule has 2 N–H and O–H groups in total. The van der Waals surface area contributed by atoms with Gasteiger partial charge in [0.2, 0.25) is 0 Å². The Morgan fingerprint density at radius 3 is 2.23 bits per heavy atom. The van der Waals surface area contributed by atoms with Crippen LogP contribution in [0.15, 0.2) is 54.6 Å². The maximum atomic E-state index is 12.7. The maximum Gasteiger partial charge on any atom is 0.278 e. The van der Waals surface area contributed by atoms with Crippen LogP contribution in [0.2, 0.25) is 0 Å². The molecular weight excluding hydrogens is 348 g/mol. The molecule has 7 heteroatoms. The van der Waals surface area contributed by atoms with E-state index < -0.39 is 21.8 Å². The van der Waals surface area contributed by atoms with Gasteiger partial charge >= 0.3 is 0 Å². The van der Waals surface area contributed by atoms with Gasteiger partial charge in [0.25, 0.3) is 10.2 Å². The van der Waals surface area contributed by atoms with Crippen LogP contribution in [0.5, 0.6) is 0 Å². The Morgan fingerprint density at radius 1 is 1.00 bits per heavy atom. The first-order chi connectivity index (χ1) is 12.2. The molecular formula is C19H24N4O2S. The Bertz CT molecular complexity index is 1000. The Hall–Kier alpha value is -2.22. The van der Waals surface area contributed by atoms with E-state index in [0.29, 0.717) is 5.82 Å². The molecule has 0 aliphatic carbocycles. The van der Waals surface area contributed by atoms with Crippen LogP contribution < -0.4 is 9.44 Å². The van der Waals surface area contributed by atoms with Gasteiger partial charge in [0.1, 0.15) is 11.9 Å². The largest absolute Gasteiger partial charge is 0.329 e. The molecule has 0 radical (unpaired) electrons. The third kappa shape index (κ3) is 4.12. The molecule has 0 amide bonds. The number of nitrogens with zero attached hydrogens (tertiary/aromatic N) is 2. The van der Waals surface area contributed by atoms with E-state index in [0.717, 1.165) is 16.6 Å². The van der Waals surface area contributed by atoms with Crippen molar-refractivity contribution in [3.05, 3.63) is 66.0 Å². The number of rotatable bonds is 5. The van der Waals surface area contributed by atoms with Crippen molar-refractivity contribution < 1.29 is 8.42 Å². The summed E-state index contributed by atoms with van der Waals surface area (Å²) >= 11 is 0. The molecule has 138 valence electrons. The van der Waals surface area contributed by atoms with E-state index in [4.69, 9.17) is 0 Å². The minimum absolute atomic E-state index is 0.584. The number of hydrogen-bond donors (Lipinski definition) is 2. The SMILES string of the molecule is Cn1c([C@@H](NS(=O)(=O)NC(C)(C)C)c2ccccc2)nc2ccccc21. The number of para-hydroxylation sites is 2. The lowest BCUT2D eigenvalue weighted by molar-refractivity contribution is 0.477. The molecule has 0 spiro atoms. The zero-order chi connectivity index (χ0) is 18.9. The van der Waals surface area contributed by atoms with Gasteiger partial charge in [-0.2, -0.15) is 17.9 Å². The lowest BCUT2D eigenvalue weighted by Crippen LogP contribution is -2.48. The van der Waals surface area contributed by atoms with E-state index in [-0.39, 0.29) is 0 Å². The first-order valence-corrected chi connectivity index (χ1v) is 9.92. The third-order valence-electron chi connectivity index (χ3n) is 3.93. The number of aromatic nitrogens is 2. The quantitative estimate of drug-likeness (QED) is 0.723. The van der Waals surface area contributed by atoms with Crippen molar-refractivity contribution in [2.45, 2.75) is 32.4 Å². The van der Waals surface area contributed by atoms with Gasteiger partial charge in [0.05, 0.1) is 11.0 Å². The van der Waals surface area contributed by atoms with Crippen LogP contribution in [0.25, 0.3) is 11.0 Å². The highest BCUT2D eigenvalue weighted by Gasteiger charge is 2.28. The summed E-state index contributed by atoms with van der Waals surface area (Å²) in [5.41, 5.74) is 2.02. The molecule has 6 nitrogen and oxygen atoms in total. The minimum Gasteiger partial charge on any atom is -0.329 e. The number of aryl methyl sites for hydroxylation is 1. The fourth-order valence-electron chi connectivity index (χ4n) is 2.93. The highest BCUT2D eigenvalue weighted by atomic mass is 32.2. The second-order valence-corrected chi connectivity index (χ2v) is 8.78. The van der Waals surface area contributed by atoms with Crippen LogP contribution in [0.3, 0.4) is 0 Å². The summed E-state index contributed by atoms with van der Waals surface area (Å²) in [7, 11) is -1.85. The van der Waals surface area contributed by atoms with E-state index in [1.54, 1.807) is 20.8 Å². The number of imidazole rings is 1. The van der Waals surface area contributed by atoms with Crippen molar-refractivity contribution in [1.82, 2.24) is 19.0 Å². The predicted octanol–water partition coefficient (Wildman–Crippen LogP) is 2.89. The van der Waals surface area contributed by atoms with Crippen LogP contribution in [-0.2, 0) is 17.3 Å². The Balaban J connectivity index is 2.08. The standard InChI is InChI=1S/C19H24N4O2S/c1-19(2,3)22-26(24,25)21-17(14-10-6-5-7-11-14)18-20-15-12-8-9-13-16(15)23(18)4/h5-13,17,21-22H,1-4H3/t17-/m0/s1. The predicted molar refractivity (Wildman–Crippen MR) is 104 cm³/mol. The van der Waals surface area contributed by atoms with Crippen LogP contribution in [-0.4, -0.2) is 23.5 Å². The Kier molecular flexibility index (Phi) is 4.88. The van der Waals surface area contributed by atoms with Gasteiger partial charge < -0.3 is 4.57 Å². The topological polar surface area (TPSA) is 76.0 Å². The Labute approximate surface area is 154 Å². The van der Waals surface area contributed by atoms with Crippen molar-refractivity contribution >= 4 is 21.2 Å². The van der Waals surface area contributed by atoms with Gasteiger partial charge in [-0.25, -0.2) is 4.98 Å². The van der Waals surface area contributed by atoms with Gasteiger partial charge in [0, 0.05) is 12.6 Å². The van der Waals surface area contributed by atoms with Crippen molar-refractivity contribution in [2.75, 3.05) is 0 Å². The monoisotopic (exact) mass is 372 g/mol. The molecule has 0 bridgehead atoms. The van der Waals surface area contributed by atoms with Crippen LogP contribution in [0.1, 0.15) is 38.2 Å². The van der Waals surface area contributed by atoms with Crippen molar-refractivity contribution in [1.29, 1.82) is 0 Å². The first-order valence-electron chi connectivity index (χ1n) is 8.44. The fraction of sp³-hybridized carbons (Fsp3) is 0.316. The third-order valence-corrected chi connectivity index (χ3v) is 5.35. The molecule has 1 heterocycles. The van der Waals surface area contributed by atoms with Crippen molar-refractivity contribution in [3.8, 4) is 0 Å². The highest BCUT2D eigenvalue weighted by Crippen LogP contribution is 2.25.